The van der Waals surface area contributed by atoms with E-state index < -0.39 is 6.04 Å². The van der Waals surface area contributed by atoms with Crippen LogP contribution < -0.4 is 5.32 Å². The summed E-state index contributed by atoms with van der Waals surface area (Å²) < 4.78 is 0. The van der Waals surface area contributed by atoms with Crippen molar-refractivity contribution in [2.24, 2.45) is 0 Å². The van der Waals surface area contributed by atoms with E-state index in [0.717, 1.165) is 23.1 Å². The second-order valence-corrected chi connectivity index (χ2v) is 8.49. The van der Waals surface area contributed by atoms with Crippen molar-refractivity contribution in [2.75, 3.05) is 6.54 Å². The van der Waals surface area contributed by atoms with Crippen molar-refractivity contribution in [3.05, 3.63) is 107 Å². The molecular weight excluding hydrogens is 408 g/mol. The molecule has 0 heterocycles. The van der Waals surface area contributed by atoms with Crippen LogP contribution in [0.1, 0.15) is 42.0 Å². The van der Waals surface area contributed by atoms with Crippen LogP contribution in [0.5, 0.6) is 0 Å². The van der Waals surface area contributed by atoms with E-state index in [9.17, 15) is 9.59 Å². The quantitative estimate of drug-likeness (QED) is 0.449. The molecule has 3 aromatic rings. The lowest BCUT2D eigenvalue weighted by Gasteiger charge is -2.31. The van der Waals surface area contributed by atoms with Crippen molar-refractivity contribution in [1.29, 1.82) is 0 Å². The smallest absolute Gasteiger partial charge is 0.243 e. The number of amides is 2. The second-order valence-electron chi connectivity index (χ2n) is 8.49. The minimum Gasteiger partial charge on any atom is -0.354 e. The number of hydrogen-bond acceptors (Lipinski definition) is 2. The Morgan fingerprint density at radius 1 is 0.818 bits per heavy atom. The van der Waals surface area contributed by atoms with Gasteiger partial charge in [0, 0.05) is 25.9 Å². The van der Waals surface area contributed by atoms with E-state index in [4.69, 9.17) is 0 Å². The molecule has 1 atom stereocenters. The molecule has 4 heteroatoms. The Bertz CT molecular complexity index is 1000. The number of carbonyl (C=O) groups is 2. The van der Waals surface area contributed by atoms with Crippen molar-refractivity contribution in [2.45, 2.75) is 52.1 Å². The molecule has 0 spiro atoms. The fourth-order valence-corrected chi connectivity index (χ4v) is 3.85. The van der Waals surface area contributed by atoms with Gasteiger partial charge in [-0.3, -0.25) is 9.59 Å². The first-order valence-electron chi connectivity index (χ1n) is 11.8. The van der Waals surface area contributed by atoms with Gasteiger partial charge in [0.1, 0.15) is 6.04 Å². The highest BCUT2D eigenvalue weighted by atomic mass is 16.2. The van der Waals surface area contributed by atoms with Gasteiger partial charge in [-0.2, -0.15) is 0 Å². The van der Waals surface area contributed by atoms with E-state index in [2.05, 4.69) is 36.5 Å². The lowest BCUT2D eigenvalue weighted by molar-refractivity contribution is -0.141. The molecule has 4 nitrogen and oxygen atoms in total. The summed E-state index contributed by atoms with van der Waals surface area (Å²) in [6.07, 6.45) is 2.35. The molecule has 0 aliphatic rings. The molecule has 0 radical (unpaired) electrons. The Balaban J connectivity index is 1.85. The molecule has 0 aliphatic carbocycles. The van der Waals surface area contributed by atoms with Gasteiger partial charge in [0.05, 0.1) is 0 Å². The number of nitrogens with one attached hydrogen (secondary N) is 1. The minimum atomic E-state index is -0.565. The number of hydrogen-bond donors (Lipinski definition) is 1. The Morgan fingerprint density at radius 3 is 2.03 bits per heavy atom. The topological polar surface area (TPSA) is 49.4 Å². The van der Waals surface area contributed by atoms with Gasteiger partial charge in [-0.1, -0.05) is 97.4 Å². The third-order valence-corrected chi connectivity index (χ3v) is 5.76. The van der Waals surface area contributed by atoms with Gasteiger partial charge in [0.25, 0.3) is 0 Å². The molecule has 3 aromatic carbocycles. The summed E-state index contributed by atoms with van der Waals surface area (Å²) in [7, 11) is 0. The average Bonchev–Trinajstić information content (AvgIpc) is 2.85. The standard InChI is InChI=1S/C29H34N2O2/c1-3-20-30-29(33)27(21-25-10-6-4-7-11-25)31(22-26-12-8-5-9-13-26)28(32)19-18-24-16-14-23(2)15-17-24/h4-17,27H,3,18-22H2,1-2H3,(H,30,33)/t27-/m1/s1. The van der Waals surface area contributed by atoms with Gasteiger partial charge in [-0.25, -0.2) is 0 Å². The van der Waals surface area contributed by atoms with Crippen molar-refractivity contribution in [3.8, 4) is 0 Å². The summed E-state index contributed by atoms with van der Waals surface area (Å²) in [6, 6.07) is 27.5. The maximum Gasteiger partial charge on any atom is 0.243 e. The fourth-order valence-electron chi connectivity index (χ4n) is 3.85. The van der Waals surface area contributed by atoms with Gasteiger partial charge in [0.15, 0.2) is 0 Å². The summed E-state index contributed by atoms with van der Waals surface area (Å²) in [5, 5.41) is 3.02. The number of rotatable bonds is 11. The first-order valence-corrected chi connectivity index (χ1v) is 11.8. The van der Waals surface area contributed by atoms with Crippen molar-refractivity contribution < 1.29 is 9.59 Å². The SMILES string of the molecule is CCCNC(=O)[C@@H](Cc1ccccc1)N(Cc1ccccc1)C(=O)CCc1ccc(C)cc1. The zero-order valence-electron chi connectivity index (χ0n) is 19.7. The first kappa shape index (κ1) is 24.2. The van der Waals surface area contributed by atoms with Crippen LogP contribution in [0.2, 0.25) is 0 Å². The van der Waals surface area contributed by atoms with Gasteiger partial charge in [-0.15, -0.1) is 0 Å². The van der Waals surface area contributed by atoms with Crippen LogP contribution in [0.3, 0.4) is 0 Å². The van der Waals surface area contributed by atoms with Crippen LogP contribution in [0.25, 0.3) is 0 Å². The lowest BCUT2D eigenvalue weighted by Crippen LogP contribution is -2.50. The van der Waals surface area contributed by atoms with Crippen LogP contribution >= 0.6 is 0 Å². The summed E-state index contributed by atoms with van der Waals surface area (Å²) in [6.45, 7) is 5.09. The van der Waals surface area contributed by atoms with Gasteiger partial charge < -0.3 is 10.2 Å². The summed E-state index contributed by atoms with van der Waals surface area (Å²) in [5.74, 6) is -0.104. The first-order chi connectivity index (χ1) is 16.1. The Morgan fingerprint density at radius 2 is 1.42 bits per heavy atom. The zero-order chi connectivity index (χ0) is 23.5. The van der Waals surface area contributed by atoms with E-state index in [1.807, 2.05) is 67.6 Å². The zero-order valence-corrected chi connectivity index (χ0v) is 19.7. The normalized spacial score (nSPS) is 11.6. The highest BCUT2D eigenvalue weighted by molar-refractivity contribution is 5.88. The van der Waals surface area contributed by atoms with E-state index in [0.29, 0.717) is 32.4 Å². The minimum absolute atomic E-state index is 0.00740. The molecule has 0 fully saturated rings. The molecule has 172 valence electrons. The van der Waals surface area contributed by atoms with E-state index >= 15 is 0 Å². The average molecular weight is 443 g/mol. The molecule has 2 amide bonds. The summed E-state index contributed by atoms with van der Waals surface area (Å²) >= 11 is 0. The molecule has 0 saturated carbocycles. The van der Waals surface area contributed by atoms with Crippen molar-refractivity contribution in [3.63, 3.8) is 0 Å². The van der Waals surface area contributed by atoms with Crippen LogP contribution in [-0.4, -0.2) is 29.3 Å². The predicted molar refractivity (Wildman–Crippen MR) is 134 cm³/mol. The fraction of sp³-hybridized carbons (Fsp3) is 0.310. The number of aryl methyl sites for hydroxylation is 2. The van der Waals surface area contributed by atoms with Crippen LogP contribution in [0, 0.1) is 6.92 Å². The van der Waals surface area contributed by atoms with Crippen LogP contribution in [0.4, 0.5) is 0 Å². The molecule has 0 bridgehead atoms. The largest absolute Gasteiger partial charge is 0.354 e. The highest BCUT2D eigenvalue weighted by Crippen LogP contribution is 2.17. The lowest BCUT2D eigenvalue weighted by atomic mass is 10.0. The maximum absolute atomic E-state index is 13.5. The number of carbonyl (C=O) groups excluding carboxylic acids is 2. The van der Waals surface area contributed by atoms with E-state index in [1.54, 1.807) is 4.90 Å². The van der Waals surface area contributed by atoms with Gasteiger partial charge in [0.2, 0.25) is 11.8 Å². The highest BCUT2D eigenvalue weighted by Gasteiger charge is 2.29. The molecule has 33 heavy (non-hydrogen) atoms. The molecule has 0 unspecified atom stereocenters. The maximum atomic E-state index is 13.5. The summed E-state index contributed by atoms with van der Waals surface area (Å²) in [4.78, 5) is 28.6. The third-order valence-electron chi connectivity index (χ3n) is 5.76. The van der Waals surface area contributed by atoms with Crippen molar-refractivity contribution >= 4 is 11.8 Å². The van der Waals surface area contributed by atoms with Crippen LogP contribution in [0.15, 0.2) is 84.9 Å². The molecule has 0 saturated heterocycles. The predicted octanol–water partition coefficient (Wildman–Crippen LogP) is 5.09. The monoisotopic (exact) mass is 442 g/mol. The number of benzene rings is 3. The molecule has 3 rings (SSSR count). The molecular formula is C29H34N2O2. The van der Waals surface area contributed by atoms with E-state index in [-0.39, 0.29) is 11.8 Å². The van der Waals surface area contributed by atoms with E-state index in [1.165, 1.54) is 5.56 Å². The van der Waals surface area contributed by atoms with Gasteiger partial charge >= 0.3 is 0 Å². The molecule has 0 aromatic heterocycles. The molecule has 1 N–H and O–H groups in total. The second kappa shape index (κ2) is 12.6. The number of nitrogens with zero attached hydrogens (tertiary/aromatic N) is 1. The Labute approximate surface area is 197 Å². The van der Waals surface area contributed by atoms with Crippen LogP contribution in [-0.2, 0) is 29.0 Å². The Hall–Kier alpha value is -3.40. The summed E-state index contributed by atoms with van der Waals surface area (Å²) in [5.41, 5.74) is 4.39. The molecule has 0 aliphatic heterocycles. The van der Waals surface area contributed by atoms with Gasteiger partial charge in [-0.05, 0) is 36.5 Å². The Kier molecular flexibility index (Phi) is 9.25. The van der Waals surface area contributed by atoms with Crippen molar-refractivity contribution in [1.82, 2.24) is 10.2 Å². The third kappa shape index (κ3) is 7.60.